The molecule has 0 aliphatic rings. The first-order valence-electron chi connectivity index (χ1n) is 8.83. The number of rotatable bonds is 7. The minimum atomic E-state index is -0.214. The van der Waals surface area contributed by atoms with E-state index in [1.165, 1.54) is 0 Å². The van der Waals surface area contributed by atoms with Gasteiger partial charge >= 0.3 is 0 Å². The molecule has 0 saturated heterocycles. The largest absolute Gasteiger partial charge is 0.497 e. The first-order valence-corrected chi connectivity index (χ1v) is 8.83. The van der Waals surface area contributed by atoms with Gasteiger partial charge in [-0.25, -0.2) is 9.97 Å². The van der Waals surface area contributed by atoms with Crippen LogP contribution in [0.4, 0.5) is 11.5 Å². The van der Waals surface area contributed by atoms with Crippen molar-refractivity contribution in [3.63, 3.8) is 0 Å². The molecule has 27 heavy (non-hydrogen) atoms. The number of amides is 1. The van der Waals surface area contributed by atoms with Crippen LogP contribution in [0, 0.1) is 0 Å². The lowest BCUT2D eigenvalue weighted by Crippen LogP contribution is -2.25. The molecule has 0 atom stereocenters. The molecular formula is C21H22N4O2. The van der Waals surface area contributed by atoms with Crippen LogP contribution < -0.4 is 15.4 Å². The van der Waals surface area contributed by atoms with Gasteiger partial charge in [0.15, 0.2) is 5.82 Å². The van der Waals surface area contributed by atoms with Gasteiger partial charge < -0.3 is 15.4 Å². The maximum Gasteiger partial charge on any atom is 0.270 e. The van der Waals surface area contributed by atoms with E-state index in [4.69, 9.17) is 4.74 Å². The summed E-state index contributed by atoms with van der Waals surface area (Å²) in [5.41, 5.74) is 2.02. The van der Waals surface area contributed by atoms with Gasteiger partial charge in [-0.15, -0.1) is 0 Å². The van der Waals surface area contributed by atoms with E-state index in [0.29, 0.717) is 23.9 Å². The fourth-order valence-electron chi connectivity index (χ4n) is 2.50. The Morgan fingerprint density at radius 3 is 2.44 bits per heavy atom. The highest BCUT2D eigenvalue weighted by Crippen LogP contribution is 2.22. The summed E-state index contributed by atoms with van der Waals surface area (Å²) in [5.74, 6) is 1.61. The third-order valence-electron chi connectivity index (χ3n) is 3.89. The van der Waals surface area contributed by atoms with Crippen molar-refractivity contribution in [2.24, 2.45) is 0 Å². The molecule has 0 unspecified atom stereocenters. The van der Waals surface area contributed by atoms with Crippen LogP contribution in [0.5, 0.6) is 5.75 Å². The zero-order valence-electron chi connectivity index (χ0n) is 15.4. The molecule has 2 N–H and O–H groups in total. The highest BCUT2D eigenvalue weighted by molar-refractivity contribution is 5.93. The van der Waals surface area contributed by atoms with Gasteiger partial charge in [0.1, 0.15) is 17.3 Å². The third kappa shape index (κ3) is 4.82. The fourth-order valence-corrected chi connectivity index (χ4v) is 2.50. The van der Waals surface area contributed by atoms with Gasteiger partial charge in [0.25, 0.3) is 5.91 Å². The fraction of sp³-hybridized carbons (Fsp3) is 0.190. The summed E-state index contributed by atoms with van der Waals surface area (Å²) in [6, 6.07) is 18.7. The minimum absolute atomic E-state index is 0.214. The average Bonchev–Trinajstić information content (AvgIpc) is 2.73. The van der Waals surface area contributed by atoms with E-state index in [0.717, 1.165) is 23.4 Å². The topological polar surface area (TPSA) is 76.1 Å². The number of hydrogen-bond acceptors (Lipinski definition) is 5. The number of nitrogens with one attached hydrogen (secondary N) is 2. The molecule has 1 aromatic heterocycles. The summed E-state index contributed by atoms with van der Waals surface area (Å²) in [6.45, 7) is 2.61. The predicted octanol–water partition coefficient (Wildman–Crippen LogP) is 4.04. The van der Waals surface area contributed by atoms with Gasteiger partial charge in [0.2, 0.25) is 0 Å². The van der Waals surface area contributed by atoms with Crippen LogP contribution in [0.1, 0.15) is 23.8 Å². The number of nitrogens with zero attached hydrogens (tertiary/aromatic N) is 2. The smallest absolute Gasteiger partial charge is 0.270 e. The number of aromatic nitrogens is 2. The van der Waals surface area contributed by atoms with Crippen LogP contribution in [0.15, 0.2) is 60.7 Å². The first kappa shape index (κ1) is 18.4. The SMILES string of the molecule is CCCNC(=O)c1cc(Nc2ccc(OC)cc2)nc(-c2ccccc2)n1. The third-order valence-corrected chi connectivity index (χ3v) is 3.89. The second kappa shape index (κ2) is 8.80. The van der Waals surface area contributed by atoms with Crippen LogP contribution in [-0.2, 0) is 0 Å². The molecule has 2 aromatic carbocycles. The lowest BCUT2D eigenvalue weighted by Gasteiger charge is -2.11. The Balaban J connectivity index is 1.94. The molecule has 6 nitrogen and oxygen atoms in total. The molecule has 0 bridgehead atoms. The molecule has 0 saturated carbocycles. The average molecular weight is 362 g/mol. The van der Waals surface area contributed by atoms with Crippen molar-refractivity contribution in [1.82, 2.24) is 15.3 Å². The maximum absolute atomic E-state index is 12.4. The summed E-state index contributed by atoms with van der Waals surface area (Å²) >= 11 is 0. The normalized spacial score (nSPS) is 10.3. The van der Waals surface area contributed by atoms with Crippen LogP contribution in [0.25, 0.3) is 11.4 Å². The van der Waals surface area contributed by atoms with Gasteiger partial charge in [-0.1, -0.05) is 37.3 Å². The number of methoxy groups -OCH3 is 1. The standard InChI is InChI=1S/C21H22N4O2/c1-3-13-22-21(26)18-14-19(23-16-9-11-17(27-2)12-10-16)25-20(24-18)15-7-5-4-6-8-15/h4-12,14H,3,13H2,1-2H3,(H,22,26)(H,23,24,25). The molecule has 1 heterocycles. The Hall–Kier alpha value is -3.41. The van der Waals surface area contributed by atoms with Crippen LogP contribution in [0.3, 0.4) is 0 Å². The van der Waals surface area contributed by atoms with Crippen molar-refractivity contribution in [3.8, 4) is 17.1 Å². The van der Waals surface area contributed by atoms with Crippen molar-refractivity contribution >= 4 is 17.4 Å². The highest BCUT2D eigenvalue weighted by atomic mass is 16.5. The molecule has 0 spiro atoms. The van der Waals surface area contributed by atoms with Crippen LogP contribution >= 0.6 is 0 Å². The summed E-state index contributed by atoms with van der Waals surface area (Å²) in [4.78, 5) is 21.4. The Kier molecular flexibility index (Phi) is 5.99. The van der Waals surface area contributed by atoms with E-state index >= 15 is 0 Å². The quantitative estimate of drug-likeness (QED) is 0.663. The molecule has 0 aliphatic carbocycles. The molecule has 138 valence electrons. The lowest BCUT2D eigenvalue weighted by molar-refractivity contribution is 0.0948. The Bertz CT molecular complexity index is 896. The highest BCUT2D eigenvalue weighted by Gasteiger charge is 2.13. The number of anilines is 2. The van der Waals surface area contributed by atoms with Crippen molar-refractivity contribution in [3.05, 3.63) is 66.4 Å². The molecule has 3 aromatic rings. The molecule has 6 heteroatoms. The van der Waals surface area contributed by atoms with Gasteiger partial charge in [-0.2, -0.15) is 0 Å². The molecule has 0 radical (unpaired) electrons. The zero-order chi connectivity index (χ0) is 19.1. The zero-order valence-corrected chi connectivity index (χ0v) is 15.4. The van der Waals surface area contributed by atoms with Gasteiger partial charge in [-0.3, -0.25) is 4.79 Å². The van der Waals surface area contributed by atoms with Crippen molar-refractivity contribution < 1.29 is 9.53 Å². The summed E-state index contributed by atoms with van der Waals surface area (Å²) in [7, 11) is 1.63. The van der Waals surface area contributed by atoms with E-state index < -0.39 is 0 Å². The van der Waals surface area contributed by atoms with E-state index in [2.05, 4.69) is 20.6 Å². The van der Waals surface area contributed by atoms with Crippen LogP contribution in [0.2, 0.25) is 0 Å². The number of carbonyl (C=O) groups excluding carboxylic acids is 1. The molecule has 0 aliphatic heterocycles. The predicted molar refractivity (Wildman–Crippen MR) is 106 cm³/mol. The first-order chi connectivity index (χ1) is 13.2. The van der Waals surface area contributed by atoms with E-state index in [9.17, 15) is 4.79 Å². The van der Waals surface area contributed by atoms with E-state index in [1.54, 1.807) is 13.2 Å². The van der Waals surface area contributed by atoms with Crippen molar-refractivity contribution in [2.45, 2.75) is 13.3 Å². The second-order valence-electron chi connectivity index (χ2n) is 5.94. The number of benzene rings is 2. The minimum Gasteiger partial charge on any atom is -0.497 e. The number of carbonyl (C=O) groups is 1. The monoisotopic (exact) mass is 362 g/mol. The van der Waals surface area contributed by atoms with E-state index in [1.807, 2.05) is 61.5 Å². The van der Waals surface area contributed by atoms with Gasteiger partial charge in [0.05, 0.1) is 7.11 Å². The van der Waals surface area contributed by atoms with Crippen molar-refractivity contribution in [1.29, 1.82) is 0 Å². The Labute approximate surface area is 158 Å². The summed E-state index contributed by atoms with van der Waals surface area (Å²) in [5, 5.41) is 6.09. The lowest BCUT2D eigenvalue weighted by atomic mass is 10.2. The second-order valence-corrected chi connectivity index (χ2v) is 5.94. The Morgan fingerprint density at radius 1 is 1.04 bits per heavy atom. The maximum atomic E-state index is 12.4. The number of ether oxygens (including phenoxy) is 1. The molecule has 3 rings (SSSR count). The molecule has 0 fully saturated rings. The molecular weight excluding hydrogens is 340 g/mol. The van der Waals surface area contributed by atoms with Gasteiger partial charge in [0, 0.05) is 23.9 Å². The van der Waals surface area contributed by atoms with Crippen LogP contribution in [-0.4, -0.2) is 29.5 Å². The van der Waals surface area contributed by atoms with E-state index in [-0.39, 0.29) is 5.91 Å². The Morgan fingerprint density at radius 2 is 1.78 bits per heavy atom. The number of hydrogen-bond donors (Lipinski definition) is 2. The summed E-state index contributed by atoms with van der Waals surface area (Å²) < 4.78 is 5.18. The van der Waals surface area contributed by atoms with Gasteiger partial charge in [-0.05, 0) is 30.7 Å². The summed E-state index contributed by atoms with van der Waals surface area (Å²) in [6.07, 6.45) is 0.860. The molecule has 1 amide bonds. The van der Waals surface area contributed by atoms with Crippen molar-refractivity contribution in [2.75, 3.05) is 19.0 Å².